The summed E-state index contributed by atoms with van der Waals surface area (Å²) < 4.78 is 0. The largest absolute Gasteiger partial charge is 0.254 e. The topological polar surface area (TPSA) is 25.8 Å². The lowest BCUT2D eigenvalue weighted by molar-refractivity contribution is 0.415. The second-order valence-corrected chi connectivity index (χ2v) is 7.84. The minimum Gasteiger partial charge on any atom is -0.254 e. The summed E-state index contributed by atoms with van der Waals surface area (Å²) in [4.78, 5) is 9.75. The molecule has 0 aliphatic carbocycles. The highest BCUT2D eigenvalue weighted by atomic mass is 14.8. The third-order valence-electron chi connectivity index (χ3n) is 5.66. The molecule has 4 rings (SSSR count). The van der Waals surface area contributed by atoms with Gasteiger partial charge in [-0.25, -0.2) is 4.98 Å². The molecule has 0 aliphatic rings. The first-order valence-electron chi connectivity index (χ1n) is 9.99. The third-order valence-corrected chi connectivity index (χ3v) is 5.66. The standard InChI is InChI=1S/C26H26N2/c1-4-16-26(3,18-20-10-8-19(5-2)9-11-20)23-15-14-22-13-12-21-7-6-17-27-24(21)25(22)28-23/h5-15,17H,2,4,16,18H2,1,3H3. The Hall–Kier alpha value is -3.00. The van der Waals surface area contributed by atoms with Gasteiger partial charge in [0.05, 0.1) is 11.0 Å². The molecule has 0 N–H and O–H groups in total. The van der Waals surface area contributed by atoms with Gasteiger partial charge >= 0.3 is 0 Å². The van der Waals surface area contributed by atoms with Crippen molar-refractivity contribution >= 4 is 27.9 Å². The second kappa shape index (κ2) is 7.55. The second-order valence-electron chi connectivity index (χ2n) is 7.84. The molecule has 0 saturated carbocycles. The van der Waals surface area contributed by atoms with Crippen molar-refractivity contribution in [3.8, 4) is 0 Å². The Labute approximate surface area is 167 Å². The maximum absolute atomic E-state index is 5.15. The summed E-state index contributed by atoms with van der Waals surface area (Å²) in [5.41, 5.74) is 5.60. The SMILES string of the molecule is C=Cc1ccc(CC(C)(CCC)c2ccc3ccc4cccnc4c3n2)cc1. The molecule has 2 aromatic heterocycles. The molecule has 0 bridgehead atoms. The highest BCUT2D eigenvalue weighted by Gasteiger charge is 2.28. The quantitative estimate of drug-likeness (QED) is 0.354. The molecule has 0 aliphatic heterocycles. The molecular formula is C26H26N2. The van der Waals surface area contributed by atoms with E-state index < -0.39 is 0 Å². The Morgan fingerprint density at radius 3 is 2.36 bits per heavy atom. The van der Waals surface area contributed by atoms with E-state index in [0.717, 1.165) is 52.3 Å². The molecular weight excluding hydrogens is 340 g/mol. The van der Waals surface area contributed by atoms with Gasteiger partial charge < -0.3 is 0 Å². The highest BCUT2D eigenvalue weighted by molar-refractivity contribution is 6.02. The van der Waals surface area contributed by atoms with E-state index in [-0.39, 0.29) is 5.41 Å². The number of hydrogen-bond donors (Lipinski definition) is 0. The van der Waals surface area contributed by atoms with Gasteiger partial charge in [-0.05, 0) is 36.1 Å². The monoisotopic (exact) mass is 366 g/mol. The number of rotatable bonds is 6. The summed E-state index contributed by atoms with van der Waals surface area (Å²) in [6.07, 6.45) is 6.91. The lowest BCUT2D eigenvalue weighted by Gasteiger charge is -2.29. The summed E-state index contributed by atoms with van der Waals surface area (Å²) in [6.45, 7) is 8.44. The molecule has 0 amide bonds. The lowest BCUT2D eigenvalue weighted by Crippen LogP contribution is -2.26. The summed E-state index contributed by atoms with van der Waals surface area (Å²) in [7, 11) is 0. The van der Waals surface area contributed by atoms with Crippen LogP contribution < -0.4 is 0 Å². The fourth-order valence-corrected chi connectivity index (χ4v) is 4.14. The molecule has 0 radical (unpaired) electrons. The Morgan fingerprint density at radius 1 is 0.929 bits per heavy atom. The van der Waals surface area contributed by atoms with Gasteiger partial charge in [0.2, 0.25) is 0 Å². The first-order chi connectivity index (χ1) is 13.6. The maximum atomic E-state index is 5.15. The van der Waals surface area contributed by atoms with Gasteiger partial charge in [0.25, 0.3) is 0 Å². The van der Waals surface area contributed by atoms with Crippen molar-refractivity contribution < 1.29 is 0 Å². The number of aromatic nitrogens is 2. The van der Waals surface area contributed by atoms with Crippen LogP contribution in [0.2, 0.25) is 0 Å². The van der Waals surface area contributed by atoms with Crippen molar-refractivity contribution in [1.82, 2.24) is 9.97 Å². The number of nitrogens with zero attached hydrogens (tertiary/aromatic N) is 2. The van der Waals surface area contributed by atoms with Crippen LogP contribution in [0.1, 0.15) is 43.5 Å². The lowest BCUT2D eigenvalue weighted by atomic mass is 9.76. The van der Waals surface area contributed by atoms with Gasteiger partial charge in [-0.3, -0.25) is 4.98 Å². The molecule has 0 saturated heterocycles. The fraction of sp³-hybridized carbons (Fsp3) is 0.231. The molecule has 2 nitrogen and oxygen atoms in total. The van der Waals surface area contributed by atoms with Gasteiger partial charge in [-0.1, -0.05) is 81.5 Å². The predicted octanol–water partition coefficient (Wildman–Crippen LogP) is 6.73. The molecule has 140 valence electrons. The molecule has 0 fully saturated rings. The van der Waals surface area contributed by atoms with E-state index in [0.29, 0.717) is 0 Å². The van der Waals surface area contributed by atoms with E-state index in [1.165, 1.54) is 5.56 Å². The Morgan fingerprint density at radius 2 is 1.64 bits per heavy atom. The summed E-state index contributed by atoms with van der Waals surface area (Å²) in [5.74, 6) is 0. The smallest absolute Gasteiger partial charge is 0.0968 e. The highest BCUT2D eigenvalue weighted by Crippen LogP contribution is 2.34. The zero-order valence-electron chi connectivity index (χ0n) is 16.7. The predicted molar refractivity (Wildman–Crippen MR) is 120 cm³/mol. The first-order valence-corrected chi connectivity index (χ1v) is 9.99. The van der Waals surface area contributed by atoms with E-state index in [9.17, 15) is 0 Å². The van der Waals surface area contributed by atoms with Crippen LogP contribution in [0.3, 0.4) is 0 Å². The minimum absolute atomic E-state index is 0.0183. The van der Waals surface area contributed by atoms with E-state index in [1.807, 2.05) is 18.3 Å². The van der Waals surface area contributed by atoms with E-state index >= 15 is 0 Å². The molecule has 28 heavy (non-hydrogen) atoms. The van der Waals surface area contributed by atoms with Crippen molar-refractivity contribution in [2.24, 2.45) is 0 Å². The van der Waals surface area contributed by atoms with Crippen LogP contribution in [0, 0.1) is 0 Å². The van der Waals surface area contributed by atoms with Gasteiger partial charge in [-0.2, -0.15) is 0 Å². The van der Waals surface area contributed by atoms with Crippen LogP contribution in [0.4, 0.5) is 0 Å². The summed E-state index contributed by atoms with van der Waals surface area (Å²) in [6, 6.07) is 21.4. The fourth-order valence-electron chi connectivity index (χ4n) is 4.14. The van der Waals surface area contributed by atoms with Gasteiger partial charge in [0.1, 0.15) is 0 Å². The van der Waals surface area contributed by atoms with E-state index in [2.05, 4.69) is 80.0 Å². The number of hydrogen-bond acceptors (Lipinski definition) is 2. The van der Waals surface area contributed by atoms with Gasteiger partial charge in [0, 0.05) is 28.1 Å². The first kappa shape index (κ1) is 18.4. The molecule has 0 spiro atoms. The molecule has 1 atom stereocenters. The van der Waals surface area contributed by atoms with E-state index in [1.54, 1.807) is 0 Å². The average Bonchev–Trinajstić information content (AvgIpc) is 2.74. The van der Waals surface area contributed by atoms with Crippen LogP contribution in [-0.2, 0) is 11.8 Å². The summed E-state index contributed by atoms with van der Waals surface area (Å²) >= 11 is 0. The average molecular weight is 367 g/mol. The number of benzene rings is 2. The van der Waals surface area contributed by atoms with Crippen molar-refractivity contribution in [2.45, 2.75) is 38.5 Å². The zero-order valence-corrected chi connectivity index (χ0v) is 16.7. The summed E-state index contributed by atoms with van der Waals surface area (Å²) in [5, 5.41) is 2.28. The Balaban J connectivity index is 1.80. The van der Waals surface area contributed by atoms with Crippen molar-refractivity contribution in [1.29, 1.82) is 0 Å². The van der Waals surface area contributed by atoms with Crippen LogP contribution >= 0.6 is 0 Å². The van der Waals surface area contributed by atoms with Crippen LogP contribution in [0.15, 0.2) is 73.4 Å². The molecule has 4 aromatic rings. The van der Waals surface area contributed by atoms with Crippen LogP contribution in [0.25, 0.3) is 27.9 Å². The number of pyridine rings is 2. The van der Waals surface area contributed by atoms with Crippen molar-refractivity contribution in [2.75, 3.05) is 0 Å². The van der Waals surface area contributed by atoms with Gasteiger partial charge in [0.15, 0.2) is 0 Å². The van der Waals surface area contributed by atoms with Crippen LogP contribution in [-0.4, -0.2) is 9.97 Å². The Bertz CT molecular complexity index is 1130. The van der Waals surface area contributed by atoms with Gasteiger partial charge in [-0.15, -0.1) is 0 Å². The maximum Gasteiger partial charge on any atom is 0.0968 e. The molecule has 1 unspecified atom stereocenters. The van der Waals surface area contributed by atoms with Crippen molar-refractivity contribution in [3.05, 3.63) is 90.3 Å². The van der Waals surface area contributed by atoms with Crippen LogP contribution in [0.5, 0.6) is 0 Å². The third kappa shape index (κ3) is 3.43. The molecule has 2 aromatic carbocycles. The van der Waals surface area contributed by atoms with E-state index in [4.69, 9.17) is 4.98 Å². The number of fused-ring (bicyclic) bond motifs is 3. The zero-order chi connectivity index (χ0) is 19.6. The molecule has 2 heteroatoms. The van der Waals surface area contributed by atoms with Crippen molar-refractivity contribution in [3.63, 3.8) is 0 Å². The minimum atomic E-state index is -0.0183. The normalized spacial score (nSPS) is 13.5. The molecule has 2 heterocycles. The Kier molecular flexibility index (Phi) is 4.95.